The average Bonchev–Trinajstić information content (AvgIpc) is 3.10. The number of nitrogens with one attached hydrogen (secondary N) is 2. The first kappa shape index (κ1) is 15.2. The van der Waals surface area contributed by atoms with Gasteiger partial charge in [0.05, 0.1) is 0 Å². The molecule has 1 aliphatic rings. The topological polar surface area (TPSA) is 89.1 Å². The zero-order valence-corrected chi connectivity index (χ0v) is 13.5. The summed E-state index contributed by atoms with van der Waals surface area (Å²) in [6, 6.07) is 15.1. The van der Waals surface area contributed by atoms with Crippen molar-refractivity contribution in [3.8, 4) is 22.9 Å². The molecular formula is C18H16N4O3. The number of H-pyrrole nitrogens is 1. The number of aromatic amines is 1. The number of amides is 1. The van der Waals surface area contributed by atoms with Crippen LogP contribution in [-0.2, 0) is 4.79 Å². The van der Waals surface area contributed by atoms with Crippen LogP contribution in [0.3, 0.4) is 0 Å². The third-order valence-corrected chi connectivity index (χ3v) is 3.85. The summed E-state index contributed by atoms with van der Waals surface area (Å²) >= 11 is 0. The number of aromatic nitrogens is 3. The molecule has 3 aromatic rings. The van der Waals surface area contributed by atoms with Crippen molar-refractivity contribution in [1.82, 2.24) is 15.2 Å². The highest BCUT2D eigenvalue weighted by molar-refractivity contribution is 5.93. The standard InChI is InChI=1S/C18H16N4O3/c1-11-6-8-12(9-7-11)16-19-18(22-21-16)20-17(23)15-10-24-13-4-2-3-5-14(13)25-15/h2-9,15H,10H2,1H3,(H2,19,20,21,22,23)/t15-/m1/s1. The van der Waals surface area contributed by atoms with E-state index in [4.69, 9.17) is 9.47 Å². The molecule has 1 atom stereocenters. The lowest BCUT2D eigenvalue weighted by Gasteiger charge is -2.25. The molecule has 7 heteroatoms. The summed E-state index contributed by atoms with van der Waals surface area (Å²) < 4.78 is 11.2. The summed E-state index contributed by atoms with van der Waals surface area (Å²) in [5, 5.41) is 9.49. The maximum atomic E-state index is 12.4. The minimum Gasteiger partial charge on any atom is -0.485 e. The molecule has 0 spiro atoms. The zero-order chi connectivity index (χ0) is 17.2. The summed E-state index contributed by atoms with van der Waals surface area (Å²) in [5.74, 6) is 1.60. The SMILES string of the molecule is Cc1ccc(-c2nc(NC(=O)[C@H]3COc4ccccc4O3)n[nH]2)cc1. The van der Waals surface area contributed by atoms with Crippen LogP contribution < -0.4 is 14.8 Å². The number of hydrogen-bond donors (Lipinski definition) is 2. The molecule has 126 valence electrons. The van der Waals surface area contributed by atoms with Crippen molar-refractivity contribution in [3.05, 3.63) is 54.1 Å². The number of benzene rings is 2. The van der Waals surface area contributed by atoms with Crippen molar-refractivity contribution in [2.45, 2.75) is 13.0 Å². The fraction of sp³-hybridized carbons (Fsp3) is 0.167. The summed E-state index contributed by atoms with van der Waals surface area (Å²) in [4.78, 5) is 16.7. The van der Waals surface area contributed by atoms with E-state index in [1.54, 1.807) is 12.1 Å². The Bertz CT molecular complexity index is 905. The molecule has 0 aliphatic carbocycles. The van der Waals surface area contributed by atoms with E-state index in [1.807, 2.05) is 43.3 Å². The molecule has 2 N–H and O–H groups in total. The Kier molecular flexibility index (Phi) is 3.81. The second kappa shape index (κ2) is 6.27. The van der Waals surface area contributed by atoms with Crippen LogP contribution in [0.5, 0.6) is 11.5 Å². The molecular weight excluding hydrogens is 320 g/mol. The van der Waals surface area contributed by atoms with Crippen LogP contribution in [0.2, 0.25) is 0 Å². The van der Waals surface area contributed by atoms with Gasteiger partial charge in [-0.05, 0) is 19.1 Å². The van der Waals surface area contributed by atoms with Gasteiger partial charge < -0.3 is 9.47 Å². The Morgan fingerprint density at radius 1 is 1.16 bits per heavy atom. The Morgan fingerprint density at radius 2 is 1.92 bits per heavy atom. The molecule has 7 nitrogen and oxygen atoms in total. The van der Waals surface area contributed by atoms with Crippen LogP contribution in [0, 0.1) is 6.92 Å². The van der Waals surface area contributed by atoms with Crippen molar-refractivity contribution in [1.29, 1.82) is 0 Å². The van der Waals surface area contributed by atoms with Gasteiger partial charge in [0.15, 0.2) is 17.3 Å². The van der Waals surface area contributed by atoms with Gasteiger partial charge in [0.1, 0.15) is 6.61 Å². The first-order valence-corrected chi connectivity index (χ1v) is 7.88. The lowest BCUT2D eigenvalue weighted by Crippen LogP contribution is -2.40. The van der Waals surface area contributed by atoms with E-state index in [0.717, 1.165) is 11.1 Å². The quantitative estimate of drug-likeness (QED) is 0.767. The number of rotatable bonds is 3. The Morgan fingerprint density at radius 3 is 2.72 bits per heavy atom. The molecule has 0 saturated heterocycles. The zero-order valence-electron chi connectivity index (χ0n) is 13.5. The van der Waals surface area contributed by atoms with Crippen molar-refractivity contribution >= 4 is 11.9 Å². The van der Waals surface area contributed by atoms with Gasteiger partial charge in [-0.25, -0.2) is 0 Å². The Labute approximate surface area is 144 Å². The number of ether oxygens (including phenoxy) is 2. The van der Waals surface area contributed by atoms with E-state index in [9.17, 15) is 4.79 Å². The summed E-state index contributed by atoms with van der Waals surface area (Å²) in [7, 11) is 0. The van der Waals surface area contributed by atoms with Gasteiger partial charge in [-0.15, -0.1) is 5.10 Å². The van der Waals surface area contributed by atoms with Gasteiger partial charge in [0, 0.05) is 5.56 Å². The number of carbonyl (C=O) groups excluding carboxylic acids is 1. The molecule has 25 heavy (non-hydrogen) atoms. The number of fused-ring (bicyclic) bond motifs is 1. The third-order valence-electron chi connectivity index (χ3n) is 3.85. The van der Waals surface area contributed by atoms with Crippen LogP contribution >= 0.6 is 0 Å². The molecule has 0 unspecified atom stereocenters. The molecule has 0 bridgehead atoms. The lowest BCUT2D eigenvalue weighted by molar-refractivity contribution is -0.125. The van der Waals surface area contributed by atoms with Gasteiger partial charge in [-0.1, -0.05) is 42.0 Å². The maximum absolute atomic E-state index is 12.4. The second-order valence-electron chi connectivity index (χ2n) is 5.73. The highest BCUT2D eigenvalue weighted by Gasteiger charge is 2.28. The van der Waals surface area contributed by atoms with E-state index in [1.165, 1.54) is 0 Å². The Balaban J connectivity index is 1.44. The smallest absolute Gasteiger partial charge is 0.271 e. The number of hydrogen-bond acceptors (Lipinski definition) is 5. The predicted octanol–water partition coefficient (Wildman–Crippen LogP) is 2.56. The van der Waals surface area contributed by atoms with Crippen LogP contribution in [0.25, 0.3) is 11.4 Å². The lowest BCUT2D eigenvalue weighted by atomic mass is 10.1. The summed E-state index contributed by atoms with van der Waals surface area (Å²) in [5.41, 5.74) is 2.05. The minimum absolute atomic E-state index is 0.137. The molecule has 4 rings (SSSR count). The monoisotopic (exact) mass is 336 g/mol. The molecule has 0 radical (unpaired) electrons. The predicted molar refractivity (Wildman–Crippen MR) is 91.5 cm³/mol. The Hall–Kier alpha value is -3.35. The summed E-state index contributed by atoms with van der Waals surface area (Å²) in [6.45, 7) is 2.15. The molecule has 0 fully saturated rings. The molecule has 2 heterocycles. The first-order chi connectivity index (χ1) is 12.2. The minimum atomic E-state index is -0.753. The molecule has 0 saturated carbocycles. The fourth-order valence-corrected chi connectivity index (χ4v) is 2.50. The number of para-hydroxylation sites is 2. The van der Waals surface area contributed by atoms with Crippen molar-refractivity contribution in [3.63, 3.8) is 0 Å². The highest BCUT2D eigenvalue weighted by Crippen LogP contribution is 2.31. The van der Waals surface area contributed by atoms with Gasteiger partial charge in [0.2, 0.25) is 12.1 Å². The molecule has 1 aliphatic heterocycles. The van der Waals surface area contributed by atoms with Gasteiger partial charge >= 0.3 is 0 Å². The number of anilines is 1. The number of aryl methyl sites for hydroxylation is 1. The van der Waals surface area contributed by atoms with Crippen molar-refractivity contribution in [2.75, 3.05) is 11.9 Å². The van der Waals surface area contributed by atoms with E-state index in [2.05, 4.69) is 20.5 Å². The van der Waals surface area contributed by atoms with Crippen LogP contribution in [-0.4, -0.2) is 33.8 Å². The average molecular weight is 336 g/mol. The molecule has 2 aromatic carbocycles. The van der Waals surface area contributed by atoms with Crippen molar-refractivity contribution < 1.29 is 14.3 Å². The van der Waals surface area contributed by atoms with E-state index < -0.39 is 6.10 Å². The second-order valence-corrected chi connectivity index (χ2v) is 5.73. The van der Waals surface area contributed by atoms with Gasteiger partial charge in [-0.3, -0.25) is 15.2 Å². The van der Waals surface area contributed by atoms with E-state index in [-0.39, 0.29) is 18.5 Å². The fourth-order valence-electron chi connectivity index (χ4n) is 2.50. The van der Waals surface area contributed by atoms with E-state index in [0.29, 0.717) is 17.3 Å². The number of carbonyl (C=O) groups is 1. The largest absolute Gasteiger partial charge is 0.485 e. The first-order valence-electron chi connectivity index (χ1n) is 7.88. The highest BCUT2D eigenvalue weighted by atomic mass is 16.6. The normalized spacial score (nSPS) is 15.6. The maximum Gasteiger partial charge on any atom is 0.271 e. The third kappa shape index (κ3) is 3.16. The van der Waals surface area contributed by atoms with Crippen LogP contribution in [0.1, 0.15) is 5.56 Å². The van der Waals surface area contributed by atoms with Crippen LogP contribution in [0.15, 0.2) is 48.5 Å². The van der Waals surface area contributed by atoms with Gasteiger partial charge in [0.25, 0.3) is 5.91 Å². The number of nitrogens with zero attached hydrogens (tertiary/aromatic N) is 2. The van der Waals surface area contributed by atoms with E-state index >= 15 is 0 Å². The molecule has 1 amide bonds. The summed E-state index contributed by atoms with van der Waals surface area (Å²) in [6.07, 6.45) is -0.753. The molecule has 1 aromatic heterocycles. The van der Waals surface area contributed by atoms with Gasteiger partial charge in [-0.2, -0.15) is 4.98 Å². The van der Waals surface area contributed by atoms with Crippen LogP contribution in [0.4, 0.5) is 5.95 Å². The van der Waals surface area contributed by atoms with Crippen molar-refractivity contribution in [2.24, 2.45) is 0 Å².